The van der Waals surface area contributed by atoms with Crippen molar-refractivity contribution in [1.82, 2.24) is 0 Å². The predicted octanol–water partition coefficient (Wildman–Crippen LogP) is 1.91. The van der Waals surface area contributed by atoms with Gasteiger partial charge in [0.2, 0.25) is 0 Å². The second-order valence-electron chi connectivity index (χ2n) is 4.80. The lowest BCUT2D eigenvalue weighted by molar-refractivity contribution is -0.164. The van der Waals surface area contributed by atoms with E-state index < -0.39 is 34.1 Å². The highest BCUT2D eigenvalue weighted by molar-refractivity contribution is 7.86. The summed E-state index contributed by atoms with van der Waals surface area (Å²) in [5.74, 6) is -2.71. The van der Waals surface area contributed by atoms with Crippen molar-refractivity contribution >= 4 is 22.1 Å². The van der Waals surface area contributed by atoms with Gasteiger partial charge < -0.3 is 9.47 Å². The summed E-state index contributed by atoms with van der Waals surface area (Å²) in [6.07, 6.45) is -1.44. The molecular formula is C16H22O7S. The highest BCUT2D eigenvalue weighted by Gasteiger charge is 2.39. The smallest absolute Gasteiger partial charge is 0.337 e. The van der Waals surface area contributed by atoms with E-state index in [-0.39, 0.29) is 24.5 Å². The molecule has 8 heteroatoms. The highest BCUT2D eigenvalue weighted by atomic mass is 32.2. The molecule has 0 aliphatic rings. The summed E-state index contributed by atoms with van der Waals surface area (Å²) in [6.45, 7) is 4.96. The maximum absolute atomic E-state index is 12.4. The summed E-state index contributed by atoms with van der Waals surface area (Å²) in [4.78, 5) is 24.1. The zero-order valence-corrected chi connectivity index (χ0v) is 14.7. The molecule has 0 aliphatic carbocycles. The van der Waals surface area contributed by atoms with Gasteiger partial charge >= 0.3 is 11.9 Å². The molecular weight excluding hydrogens is 336 g/mol. The normalized spacial score (nSPS) is 13.8. The van der Waals surface area contributed by atoms with Crippen LogP contribution in [0.1, 0.15) is 27.2 Å². The summed E-state index contributed by atoms with van der Waals surface area (Å²) in [6, 6.07) is 7.37. The van der Waals surface area contributed by atoms with Crippen LogP contribution in [0.5, 0.6) is 0 Å². The maximum Gasteiger partial charge on any atom is 0.337 e. The van der Waals surface area contributed by atoms with Crippen LogP contribution >= 0.6 is 0 Å². The Labute approximate surface area is 142 Å². The largest absolute Gasteiger partial charge is 0.466 e. The molecule has 0 saturated heterocycles. The number of benzene rings is 1. The van der Waals surface area contributed by atoms with E-state index in [0.717, 1.165) is 0 Å². The molecule has 1 rings (SSSR count). The van der Waals surface area contributed by atoms with Gasteiger partial charge in [0, 0.05) is 0 Å². The van der Waals surface area contributed by atoms with Gasteiger partial charge in [0.05, 0.1) is 24.0 Å². The number of hydrogen-bond acceptors (Lipinski definition) is 7. The van der Waals surface area contributed by atoms with Crippen molar-refractivity contribution in [1.29, 1.82) is 0 Å². The van der Waals surface area contributed by atoms with Crippen LogP contribution in [0.3, 0.4) is 0 Å². The lowest BCUT2D eigenvalue weighted by atomic mass is 10.00. The first-order chi connectivity index (χ1) is 11.4. The summed E-state index contributed by atoms with van der Waals surface area (Å²) in [7, 11) is -4.24. The zero-order chi connectivity index (χ0) is 18.2. The molecule has 0 fully saturated rings. The summed E-state index contributed by atoms with van der Waals surface area (Å²) >= 11 is 0. The Morgan fingerprint density at radius 2 is 1.50 bits per heavy atom. The SMILES string of the molecule is CCOC(=O)[C@@H](CC)[C@@H](OS(=O)(=O)c1ccccc1)C(=O)OCC. The van der Waals surface area contributed by atoms with E-state index in [1.54, 1.807) is 26.8 Å². The number of esters is 2. The van der Waals surface area contributed by atoms with Gasteiger partial charge in [-0.3, -0.25) is 8.98 Å². The molecule has 1 aromatic rings. The number of carbonyl (C=O) groups is 2. The van der Waals surface area contributed by atoms with Gasteiger partial charge in [0.15, 0.2) is 6.10 Å². The van der Waals surface area contributed by atoms with Crippen LogP contribution in [0.4, 0.5) is 0 Å². The first-order valence-corrected chi connectivity index (χ1v) is 9.09. The van der Waals surface area contributed by atoms with E-state index in [0.29, 0.717) is 0 Å². The fourth-order valence-electron chi connectivity index (χ4n) is 2.03. The van der Waals surface area contributed by atoms with E-state index in [1.807, 2.05) is 0 Å². The fraction of sp³-hybridized carbons (Fsp3) is 0.500. The van der Waals surface area contributed by atoms with E-state index in [2.05, 4.69) is 0 Å². The molecule has 0 amide bonds. The number of ether oxygens (including phenoxy) is 2. The van der Waals surface area contributed by atoms with Crippen molar-refractivity contribution in [3.8, 4) is 0 Å². The topological polar surface area (TPSA) is 96.0 Å². The average Bonchev–Trinajstić information content (AvgIpc) is 2.56. The quantitative estimate of drug-likeness (QED) is 0.491. The van der Waals surface area contributed by atoms with Gasteiger partial charge in [-0.1, -0.05) is 25.1 Å². The van der Waals surface area contributed by atoms with Crippen LogP contribution in [-0.4, -0.2) is 39.7 Å². The Morgan fingerprint density at radius 1 is 0.958 bits per heavy atom. The minimum atomic E-state index is -4.24. The van der Waals surface area contributed by atoms with Crippen LogP contribution in [0.25, 0.3) is 0 Å². The Morgan fingerprint density at radius 3 is 2.00 bits per heavy atom. The third kappa shape index (κ3) is 5.31. The molecule has 0 heterocycles. The standard InChI is InChI=1S/C16H22O7S/c1-4-13(15(17)21-5-2)14(16(18)22-6-3)23-24(19,20)12-10-8-7-9-11-12/h7-11,13-14H,4-6H2,1-3H3/t13-,14+/m0/s1. The van der Waals surface area contributed by atoms with Crippen LogP contribution in [-0.2, 0) is 33.4 Å². The van der Waals surface area contributed by atoms with Gasteiger partial charge in [0.25, 0.3) is 10.1 Å². The predicted molar refractivity (Wildman–Crippen MR) is 85.5 cm³/mol. The molecule has 0 N–H and O–H groups in total. The third-order valence-electron chi connectivity index (χ3n) is 3.18. The Balaban J connectivity index is 3.14. The van der Waals surface area contributed by atoms with Crippen LogP contribution in [0.2, 0.25) is 0 Å². The molecule has 0 radical (unpaired) electrons. The molecule has 0 unspecified atom stereocenters. The lowest BCUT2D eigenvalue weighted by Crippen LogP contribution is -2.40. The first kappa shape index (κ1) is 20.1. The molecule has 24 heavy (non-hydrogen) atoms. The van der Waals surface area contributed by atoms with E-state index in [4.69, 9.17) is 13.7 Å². The summed E-state index contributed by atoms with van der Waals surface area (Å²) < 4.78 is 39.6. The molecule has 1 aromatic carbocycles. The molecule has 2 atom stereocenters. The summed E-state index contributed by atoms with van der Waals surface area (Å²) in [5.41, 5.74) is 0. The van der Waals surface area contributed by atoms with Crippen molar-refractivity contribution in [2.45, 2.75) is 38.2 Å². The average molecular weight is 358 g/mol. The molecule has 0 bridgehead atoms. The van der Waals surface area contributed by atoms with Gasteiger partial charge in [-0.05, 0) is 32.4 Å². The van der Waals surface area contributed by atoms with Crippen molar-refractivity contribution in [3.05, 3.63) is 30.3 Å². The minimum Gasteiger partial charge on any atom is -0.466 e. The molecule has 134 valence electrons. The molecule has 7 nitrogen and oxygen atoms in total. The highest BCUT2D eigenvalue weighted by Crippen LogP contribution is 2.22. The van der Waals surface area contributed by atoms with E-state index in [9.17, 15) is 18.0 Å². The monoisotopic (exact) mass is 358 g/mol. The Kier molecular flexibility index (Phi) is 7.87. The van der Waals surface area contributed by atoms with Crippen molar-refractivity contribution in [2.75, 3.05) is 13.2 Å². The van der Waals surface area contributed by atoms with Crippen molar-refractivity contribution < 1.29 is 31.7 Å². The molecule has 0 spiro atoms. The van der Waals surface area contributed by atoms with Crippen molar-refractivity contribution in [3.63, 3.8) is 0 Å². The Bertz CT molecular complexity index is 640. The minimum absolute atomic E-state index is 0.0311. The lowest BCUT2D eigenvalue weighted by Gasteiger charge is -2.22. The van der Waals surface area contributed by atoms with Gasteiger partial charge in [0.1, 0.15) is 0 Å². The van der Waals surface area contributed by atoms with Crippen molar-refractivity contribution in [2.24, 2.45) is 5.92 Å². The number of rotatable bonds is 9. The number of hydrogen-bond donors (Lipinski definition) is 0. The molecule has 0 saturated carbocycles. The zero-order valence-electron chi connectivity index (χ0n) is 13.9. The second kappa shape index (κ2) is 9.39. The van der Waals surface area contributed by atoms with Crippen LogP contribution in [0.15, 0.2) is 35.2 Å². The molecule has 0 aliphatic heterocycles. The van der Waals surface area contributed by atoms with Gasteiger partial charge in [-0.2, -0.15) is 8.42 Å². The van der Waals surface area contributed by atoms with E-state index in [1.165, 1.54) is 24.3 Å². The Hall–Kier alpha value is -1.93. The van der Waals surface area contributed by atoms with Gasteiger partial charge in [-0.25, -0.2) is 4.79 Å². The van der Waals surface area contributed by atoms with Crippen LogP contribution < -0.4 is 0 Å². The maximum atomic E-state index is 12.4. The second-order valence-corrected chi connectivity index (χ2v) is 6.37. The fourth-order valence-corrected chi connectivity index (χ4v) is 3.12. The third-order valence-corrected chi connectivity index (χ3v) is 4.49. The van der Waals surface area contributed by atoms with Crippen LogP contribution in [0, 0.1) is 5.92 Å². The molecule has 0 aromatic heterocycles. The summed E-state index contributed by atoms with van der Waals surface area (Å²) in [5, 5.41) is 0. The number of carbonyl (C=O) groups excluding carboxylic acids is 2. The van der Waals surface area contributed by atoms with Gasteiger partial charge in [-0.15, -0.1) is 0 Å². The van der Waals surface area contributed by atoms with E-state index >= 15 is 0 Å². The first-order valence-electron chi connectivity index (χ1n) is 7.68.